The van der Waals surface area contributed by atoms with Gasteiger partial charge in [-0.05, 0) is 89.7 Å². The highest BCUT2D eigenvalue weighted by molar-refractivity contribution is 14.1. The number of benzene rings is 2. The molecule has 1 heterocycles. The number of pyridine rings is 1. The topological polar surface area (TPSA) is 121 Å². The molecule has 1 aromatic heterocycles. The van der Waals surface area contributed by atoms with Crippen molar-refractivity contribution in [2.45, 2.75) is 30.7 Å². The van der Waals surface area contributed by atoms with Crippen LogP contribution in [-0.4, -0.2) is 48.5 Å². The van der Waals surface area contributed by atoms with Gasteiger partial charge in [0, 0.05) is 41.3 Å². The van der Waals surface area contributed by atoms with Crippen LogP contribution in [0.3, 0.4) is 0 Å². The van der Waals surface area contributed by atoms with Crippen molar-refractivity contribution in [1.29, 1.82) is 0 Å². The van der Waals surface area contributed by atoms with Gasteiger partial charge < -0.3 is 10.4 Å². The number of aromatic nitrogens is 1. The van der Waals surface area contributed by atoms with Crippen molar-refractivity contribution in [2.75, 3.05) is 25.1 Å². The largest absolute Gasteiger partial charge is 0.396 e. The summed E-state index contributed by atoms with van der Waals surface area (Å²) in [5.74, 6) is -3.81. The first kappa shape index (κ1) is 29.3. The molecule has 0 aliphatic heterocycles. The van der Waals surface area contributed by atoms with Gasteiger partial charge in [-0.1, -0.05) is 6.07 Å². The molecule has 0 saturated heterocycles. The lowest BCUT2D eigenvalue weighted by molar-refractivity contribution is 0.0270. The SMILES string of the molecule is O=C(NOCC1CC1)c1cc(S(=O)(=O)N(CCCO)Cc2cccnc2)c(F)c(F)c1Nc1ccc(I)cc1. The number of carbonyl (C=O) groups excluding carboxylic acids is 1. The Morgan fingerprint density at radius 2 is 1.92 bits per heavy atom. The van der Waals surface area contributed by atoms with Gasteiger partial charge in [0.15, 0.2) is 11.6 Å². The summed E-state index contributed by atoms with van der Waals surface area (Å²) in [4.78, 5) is 21.3. The van der Waals surface area contributed by atoms with Crippen LogP contribution in [0.2, 0.25) is 0 Å². The average Bonchev–Trinajstić information content (AvgIpc) is 3.75. The second-order valence-electron chi connectivity index (χ2n) is 9.02. The van der Waals surface area contributed by atoms with Crippen molar-refractivity contribution in [1.82, 2.24) is 14.8 Å². The minimum absolute atomic E-state index is 0.0540. The molecule has 3 aromatic rings. The second-order valence-corrected chi connectivity index (χ2v) is 12.2. The molecule has 0 bridgehead atoms. The third-order valence-corrected chi connectivity index (χ3v) is 8.54. The Morgan fingerprint density at radius 1 is 1.18 bits per heavy atom. The molecule has 3 N–H and O–H groups in total. The maximum Gasteiger partial charge on any atom is 0.277 e. The molecular weight excluding hydrogens is 645 g/mol. The number of sulfonamides is 1. The number of anilines is 2. The van der Waals surface area contributed by atoms with Crippen molar-refractivity contribution in [2.24, 2.45) is 5.92 Å². The Morgan fingerprint density at radius 3 is 2.56 bits per heavy atom. The number of hydrogen-bond acceptors (Lipinski definition) is 7. The number of nitrogens with one attached hydrogen (secondary N) is 2. The lowest BCUT2D eigenvalue weighted by atomic mass is 10.1. The van der Waals surface area contributed by atoms with Gasteiger partial charge in [0.25, 0.3) is 5.91 Å². The molecule has 2 aromatic carbocycles. The van der Waals surface area contributed by atoms with Gasteiger partial charge in [-0.3, -0.25) is 14.6 Å². The fourth-order valence-corrected chi connectivity index (χ4v) is 5.61. The quantitative estimate of drug-likeness (QED) is 0.183. The molecule has 9 nitrogen and oxygen atoms in total. The van der Waals surface area contributed by atoms with Gasteiger partial charge in [-0.15, -0.1) is 0 Å². The molecule has 0 spiro atoms. The third kappa shape index (κ3) is 7.48. The summed E-state index contributed by atoms with van der Waals surface area (Å²) < 4.78 is 60.2. The molecule has 39 heavy (non-hydrogen) atoms. The van der Waals surface area contributed by atoms with Gasteiger partial charge >= 0.3 is 0 Å². The van der Waals surface area contributed by atoms with E-state index in [-0.39, 0.29) is 32.7 Å². The smallest absolute Gasteiger partial charge is 0.277 e. The van der Waals surface area contributed by atoms with E-state index in [9.17, 15) is 18.3 Å². The van der Waals surface area contributed by atoms with Crippen LogP contribution in [-0.2, 0) is 21.4 Å². The van der Waals surface area contributed by atoms with Gasteiger partial charge in [-0.25, -0.2) is 22.7 Å². The Balaban J connectivity index is 1.75. The molecule has 1 saturated carbocycles. The normalized spacial score (nSPS) is 13.5. The van der Waals surface area contributed by atoms with Crippen LogP contribution in [0, 0.1) is 21.1 Å². The number of aliphatic hydroxyl groups is 1. The highest BCUT2D eigenvalue weighted by atomic mass is 127. The summed E-state index contributed by atoms with van der Waals surface area (Å²) in [6.07, 6.45) is 4.94. The zero-order chi connectivity index (χ0) is 28.0. The molecule has 208 valence electrons. The van der Waals surface area contributed by atoms with Gasteiger partial charge in [0.1, 0.15) is 4.90 Å². The van der Waals surface area contributed by atoms with Crippen molar-refractivity contribution in [3.05, 3.63) is 81.2 Å². The number of amides is 1. The Kier molecular flexibility index (Phi) is 9.82. The summed E-state index contributed by atoms with van der Waals surface area (Å²) in [5.41, 5.74) is 2.09. The molecule has 0 atom stereocenters. The van der Waals surface area contributed by atoms with Crippen LogP contribution >= 0.6 is 22.6 Å². The predicted molar refractivity (Wildman–Crippen MR) is 148 cm³/mol. The molecule has 1 fully saturated rings. The molecule has 4 rings (SSSR count). The standard InChI is InChI=1S/C26H27F2IN4O5S/c27-23-22(39(36,37)33(11-2-12-34)15-18-3-1-10-30-14-18)13-21(26(35)32-38-16-17-4-5-17)25(24(23)28)31-20-8-6-19(29)7-9-20/h1,3,6-10,13-14,17,31,34H,2,4-5,11-12,15-16H2,(H,32,35). The Labute approximate surface area is 238 Å². The van der Waals surface area contributed by atoms with Crippen molar-refractivity contribution >= 4 is 49.9 Å². The van der Waals surface area contributed by atoms with E-state index in [4.69, 9.17) is 4.84 Å². The Hall–Kier alpha value is -2.72. The lowest BCUT2D eigenvalue weighted by Gasteiger charge is -2.23. The summed E-state index contributed by atoms with van der Waals surface area (Å²) in [6, 6.07) is 10.7. The predicted octanol–water partition coefficient (Wildman–Crippen LogP) is 4.35. The number of halogens is 3. The van der Waals surface area contributed by atoms with Gasteiger partial charge in [0.05, 0.1) is 17.9 Å². The van der Waals surface area contributed by atoms with Crippen molar-refractivity contribution < 1.29 is 31.9 Å². The van der Waals surface area contributed by atoms with E-state index in [0.29, 0.717) is 17.2 Å². The minimum Gasteiger partial charge on any atom is -0.396 e. The number of aliphatic hydroxyl groups excluding tert-OH is 1. The molecular formula is C26H27F2IN4O5S. The number of hydroxylamine groups is 1. The zero-order valence-corrected chi connectivity index (χ0v) is 23.7. The highest BCUT2D eigenvalue weighted by Crippen LogP contribution is 2.33. The van der Waals surface area contributed by atoms with Crippen molar-refractivity contribution in [3.63, 3.8) is 0 Å². The third-order valence-electron chi connectivity index (χ3n) is 5.98. The summed E-state index contributed by atoms with van der Waals surface area (Å²) in [6.45, 7) is -0.448. The van der Waals surface area contributed by atoms with E-state index in [0.717, 1.165) is 26.8 Å². The van der Waals surface area contributed by atoms with Gasteiger partial charge in [-0.2, -0.15) is 4.31 Å². The summed E-state index contributed by atoms with van der Waals surface area (Å²) in [7, 11) is -4.67. The monoisotopic (exact) mass is 672 g/mol. The average molecular weight is 672 g/mol. The van der Waals surface area contributed by atoms with E-state index < -0.39 is 43.7 Å². The van der Waals surface area contributed by atoms with E-state index in [2.05, 4.69) is 38.4 Å². The molecule has 13 heteroatoms. The Bertz CT molecular complexity index is 1410. The van der Waals surface area contributed by atoms with Crippen LogP contribution in [0.4, 0.5) is 20.2 Å². The van der Waals surface area contributed by atoms with Gasteiger partial charge in [0.2, 0.25) is 10.0 Å². The number of nitrogens with zero attached hydrogens (tertiary/aromatic N) is 2. The van der Waals surface area contributed by atoms with E-state index in [1.54, 1.807) is 36.4 Å². The van der Waals surface area contributed by atoms with E-state index >= 15 is 8.78 Å². The van der Waals surface area contributed by atoms with Crippen LogP contribution < -0.4 is 10.8 Å². The number of rotatable bonds is 13. The first-order valence-corrected chi connectivity index (χ1v) is 14.7. The van der Waals surface area contributed by atoms with Crippen LogP contribution in [0.5, 0.6) is 0 Å². The van der Waals surface area contributed by atoms with E-state index in [1.165, 1.54) is 12.4 Å². The fraction of sp³-hybridized carbons (Fsp3) is 0.308. The number of hydrogen-bond donors (Lipinski definition) is 3. The second kappa shape index (κ2) is 13.1. The number of carbonyl (C=O) groups is 1. The molecule has 0 unspecified atom stereocenters. The van der Waals surface area contributed by atoms with Crippen LogP contribution in [0.15, 0.2) is 59.8 Å². The molecule has 1 aliphatic rings. The summed E-state index contributed by atoms with van der Waals surface area (Å²) >= 11 is 2.09. The fourth-order valence-electron chi connectivity index (χ4n) is 3.70. The van der Waals surface area contributed by atoms with Crippen molar-refractivity contribution in [3.8, 4) is 0 Å². The zero-order valence-electron chi connectivity index (χ0n) is 20.7. The maximum atomic E-state index is 15.6. The van der Waals surface area contributed by atoms with Crippen LogP contribution in [0.1, 0.15) is 35.2 Å². The molecule has 1 aliphatic carbocycles. The first-order valence-electron chi connectivity index (χ1n) is 12.2. The lowest BCUT2D eigenvalue weighted by Crippen LogP contribution is -2.33. The maximum absolute atomic E-state index is 15.6. The molecule has 1 amide bonds. The van der Waals surface area contributed by atoms with Crippen LogP contribution in [0.25, 0.3) is 0 Å². The minimum atomic E-state index is -4.67. The first-order chi connectivity index (χ1) is 18.7. The highest BCUT2D eigenvalue weighted by Gasteiger charge is 2.33. The van der Waals surface area contributed by atoms with E-state index in [1.807, 2.05) is 0 Å². The summed E-state index contributed by atoms with van der Waals surface area (Å²) in [5, 5.41) is 12.0. The molecule has 0 radical (unpaired) electrons.